The lowest BCUT2D eigenvalue weighted by molar-refractivity contribution is 0.122. The van der Waals surface area contributed by atoms with Crippen LogP contribution in [0.5, 0.6) is 0 Å². The van der Waals surface area contributed by atoms with Gasteiger partial charge in [-0.25, -0.2) is 4.39 Å². The summed E-state index contributed by atoms with van der Waals surface area (Å²) in [4.78, 5) is 6.29. The molecule has 106 valence electrons. The Bertz CT molecular complexity index is 596. The molecule has 1 aromatic heterocycles. The SMILES string of the molecule is NCc1nc(-c2cc(F)ccc2N2CCOCC2)no1. The second kappa shape index (κ2) is 5.56. The largest absolute Gasteiger partial charge is 0.378 e. The van der Waals surface area contributed by atoms with E-state index in [0.29, 0.717) is 30.5 Å². The second-order valence-electron chi connectivity index (χ2n) is 4.48. The molecule has 2 N–H and O–H groups in total. The number of nitrogens with zero attached hydrogens (tertiary/aromatic N) is 3. The average molecular weight is 278 g/mol. The monoisotopic (exact) mass is 278 g/mol. The molecule has 0 amide bonds. The third kappa shape index (κ3) is 2.50. The Morgan fingerprint density at radius 2 is 2.10 bits per heavy atom. The van der Waals surface area contributed by atoms with Crippen LogP contribution in [-0.4, -0.2) is 36.4 Å². The van der Waals surface area contributed by atoms with Crippen LogP contribution >= 0.6 is 0 Å². The van der Waals surface area contributed by atoms with Gasteiger partial charge in [0.1, 0.15) is 5.82 Å². The van der Waals surface area contributed by atoms with Crippen molar-refractivity contribution in [2.45, 2.75) is 6.54 Å². The van der Waals surface area contributed by atoms with E-state index in [-0.39, 0.29) is 12.4 Å². The van der Waals surface area contributed by atoms with E-state index in [0.717, 1.165) is 18.8 Å². The maximum atomic E-state index is 13.5. The molecule has 7 heteroatoms. The molecule has 0 spiro atoms. The van der Waals surface area contributed by atoms with Gasteiger partial charge in [-0.05, 0) is 18.2 Å². The van der Waals surface area contributed by atoms with Crippen molar-refractivity contribution in [1.82, 2.24) is 10.1 Å². The number of morpholine rings is 1. The first-order valence-electron chi connectivity index (χ1n) is 6.43. The van der Waals surface area contributed by atoms with Crippen LogP contribution in [0, 0.1) is 5.82 Å². The van der Waals surface area contributed by atoms with Crippen LogP contribution < -0.4 is 10.6 Å². The van der Waals surface area contributed by atoms with Gasteiger partial charge in [-0.2, -0.15) is 4.98 Å². The standard InChI is InChI=1S/C13H15FN4O2/c14-9-1-2-11(18-3-5-19-6-4-18)10(7-9)13-16-12(8-15)20-17-13/h1-2,7H,3-6,8,15H2. The van der Waals surface area contributed by atoms with Gasteiger partial charge in [0.15, 0.2) is 0 Å². The quantitative estimate of drug-likeness (QED) is 0.908. The number of aromatic nitrogens is 2. The van der Waals surface area contributed by atoms with Crippen LogP contribution in [0.3, 0.4) is 0 Å². The molecule has 0 aliphatic carbocycles. The van der Waals surface area contributed by atoms with E-state index in [4.69, 9.17) is 15.0 Å². The molecule has 6 nitrogen and oxygen atoms in total. The Labute approximate surface area is 115 Å². The molecule has 0 atom stereocenters. The Hall–Kier alpha value is -1.99. The number of halogens is 1. The van der Waals surface area contributed by atoms with Crippen molar-refractivity contribution < 1.29 is 13.7 Å². The van der Waals surface area contributed by atoms with Crippen molar-refractivity contribution >= 4 is 5.69 Å². The summed E-state index contributed by atoms with van der Waals surface area (Å²) in [5, 5.41) is 3.86. The molecule has 3 rings (SSSR count). The molecule has 1 fully saturated rings. The predicted molar refractivity (Wildman–Crippen MR) is 70.6 cm³/mol. The molecule has 2 aromatic rings. The Kier molecular flexibility index (Phi) is 3.62. The third-order valence-corrected chi connectivity index (χ3v) is 3.19. The van der Waals surface area contributed by atoms with Gasteiger partial charge in [-0.1, -0.05) is 5.16 Å². The van der Waals surface area contributed by atoms with Crippen LogP contribution in [-0.2, 0) is 11.3 Å². The van der Waals surface area contributed by atoms with Gasteiger partial charge in [-0.15, -0.1) is 0 Å². The van der Waals surface area contributed by atoms with Gasteiger partial charge >= 0.3 is 0 Å². The third-order valence-electron chi connectivity index (χ3n) is 3.19. The number of benzene rings is 1. The van der Waals surface area contributed by atoms with Gasteiger partial charge in [0.25, 0.3) is 0 Å². The summed E-state index contributed by atoms with van der Waals surface area (Å²) >= 11 is 0. The predicted octanol–water partition coefficient (Wildman–Crippen LogP) is 1.17. The zero-order valence-electron chi connectivity index (χ0n) is 10.9. The fourth-order valence-electron chi connectivity index (χ4n) is 2.21. The summed E-state index contributed by atoms with van der Waals surface area (Å²) in [5.74, 6) is 0.347. The van der Waals surface area contributed by atoms with E-state index in [1.165, 1.54) is 12.1 Å². The van der Waals surface area contributed by atoms with Crippen molar-refractivity contribution in [1.29, 1.82) is 0 Å². The zero-order chi connectivity index (χ0) is 13.9. The molecular formula is C13H15FN4O2. The lowest BCUT2D eigenvalue weighted by Gasteiger charge is -2.30. The lowest BCUT2D eigenvalue weighted by Crippen LogP contribution is -2.36. The Morgan fingerprint density at radius 3 is 2.80 bits per heavy atom. The first-order chi connectivity index (χ1) is 9.78. The van der Waals surface area contributed by atoms with Gasteiger partial charge in [-0.3, -0.25) is 0 Å². The van der Waals surface area contributed by atoms with Gasteiger partial charge in [0.2, 0.25) is 11.7 Å². The van der Waals surface area contributed by atoms with Gasteiger partial charge in [0.05, 0.1) is 19.8 Å². The molecule has 1 aliphatic rings. The second-order valence-corrected chi connectivity index (χ2v) is 4.48. The van der Waals surface area contributed by atoms with Crippen molar-refractivity contribution in [2.75, 3.05) is 31.2 Å². The Morgan fingerprint density at radius 1 is 1.30 bits per heavy atom. The first-order valence-corrected chi connectivity index (χ1v) is 6.43. The van der Waals surface area contributed by atoms with E-state index in [1.54, 1.807) is 6.07 Å². The summed E-state index contributed by atoms with van der Waals surface area (Å²) in [6, 6.07) is 4.57. The van der Waals surface area contributed by atoms with E-state index >= 15 is 0 Å². The summed E-state index contributed by atoms with van der Waals surface area (Å²) in [6.45, 7) is 2.96. The van der Waals surface area contributed by atoms with Crippen LogP contribution in [0.1, 0.15) is 5.89 Å². The normalized spacial score (nSPS) is 15.6. The van der Waals surface area contributed by atoms with E-state index in [9.17, 15) is 4.39 Å². The zero-order valence-corrected chi connectivity index (χ0v) is 10.9. The van der Waals surface area contributed by atoms with E-state index in [1.807, 2.05) is 0 Å². The van der Waals surface area contributed by atoms with Crippen LogP contribution in [0.2, 0.25) is 0 Å². The van der Waals surface area contributed by atoms with Crippen molar-refractivity contribution in [3.63, 3.8) is 0 Å². The Balaban J connectivity index is 2.01. The number of anilines is 1. The summed E-state index contributed by atoms with van der Waals surface area (Å²) in [6.07, 6.45) is 0. The minimum absolute atomic E-state index is 0.162. The smallest absolute Gasteiger partial charge is 0.240 e. The fraction of sp³-hybridized carbons (Fsp3) is 0.385. The average Bonchev–Trinajstić information content (AvgIpc) is 2.97. The molecule has 0 unspecified atom stereocenters. The highest BCUT2D eigenvalue weighted by molar-refractivity contribution is 5.74. The highest BCUT2D eigenvalue weighted by Crippen LogP contribution is 2.30. The summed E-state index contributed by atoms with van der Waals surface area (Å²) in [7, 11) is 0. The molecular weight excluding hydrogens is 263 g/mol. The number of hydrogen-bond acceptors (Lipinski definition) is 6. The molecule has 1 aromatic carbocycles. The maximum Gasteiger partial charge on any atom is 0.240 e. The number of hydrogen-bond donors (Lipinski definition) is 1. The van der Waals surface area contributed by atoms with Crippen LogP contribution in [0.25, 0.3) is 11.4 Å². The molecule has 20 heavy (non-hydrogen) atoms. The maximum absolute atomic E-state index is 13.5. The molecule has 0 bridgehead atoms. The van der Waals surface area contributed by atoms with E-state index < -0.39 is 0 Å². The van der Waals surface area contributed by atoms with Crippen molar-refractivity contribution in [2.24, 2.45) is 5.73 Å². The highest BCUT2D eigenvalue weighted by Gasteiger charge is 2.19. The molecule has 0 saturated carbocycles. The minimum atomic E-state index is -0.337. The number of rotatable bonds is 3. The first kappa shape index (κ1) is 13.0. The minimum Gasteiger partial charge on any atom is -0.378 e. The summed E-state index contributed by atoms with van der Waals surface area (Å²) < 4.78 is 23.9. The van der Waals surface area contributed by atoms with Crippen molar-refractivity contribution in [3.8, 4) is 11.4 Å². The lowest BCUT2D eigenvalue weighted by atomic mass is 10.1. The van der Waals surface area contributed by atoms with E-state index in [2.05, 4.69) is 15.0 Å². The number of ether oxygens (including phenoxy) is 1. The molecule has 1 aliphatic heterocycles. The van der Waals surface area contributed by atoms with Gasteiger partial charge < -0.3 is 19.9 Å². The number of nitrogens with two attached hydrogens (primary N) is 1. The molecule has 2 heterocycles. The van der Waals surface area contributed by atoms with Gasteiger partial charge in [0, 0.05) is 24.3 Å². The summed E-state index contributed by atoms with van der Waals surface area (Å²) in [5.41, 5.74) is 6.94. The van der Waals surface area contributed by atoms with Crippen LogP contribution in [0.4, 0.5) is 10.1 Å². The topological polar surface area (TPSA) is 77.4 Å². The highest BCUT2D eigenvalue weighted by atomic mass is 19.1. The molecule has 0 radical (unpaired) electrons. The molecule has 1 saturated heterocycles. The van der Waals surface area contributed by atoms with Crippen molar-refractivity contribution in [3.05, 3.63) is 29.9 Å². The van der Waals surface area contributed by atoms with Crippen LogP contribution in [0.15, 0.2) is 22.7 Å². The fourth-order valence-corrected chi connectivity index (χ4v) is 2.21.